The average molecular weight is 389 g/mol. The van der Waals surface area contributed by atoms with Gasteiger partial charge in [0, 0.05) is 28.8 Å². The third kappa shape index (κ3) is 4.22. The van der Waals surface area contributed by atoms with Gasteiger partial charge >= 0.3 is 5.97 Å². The van der Waals surface area contributed by atoms with Gasteiger partial charge in [0.2, 0.25) is 0 Å². The molecule has 2 aromatic rings. The fourth-order valence-corrected chi connectivity index (χ4v) is 3.58. The molecule has 1 saturated heterocycles. The Kier molecular flexibility index (Phi) is 5.63. The topological polar surface area (TPSA) is 53.4 Å². The standard InChI is InChI=1S/C19H21BrN2O2/c20-16-6-4-14(5-7-16)18(13-17-3-1-2-10-21-17)22-11-8-15(9-12-22)19(23)24/h1-7,10,15,18H,8-9,11-13H2,(H,23,24). The fourth-order valence-electron chi connectivity index (χ4n) is 3.32. The highest BCUT2D eigenvalue weighted by molar-refractivity contribution is 9.10. The predicted molar refractivity (Wildman–Crippen MR) is 96.8 cm³/mol. The summed E-state index contributed by atoms with van der Waals surface area (Å²) in [5.74, 6) is -0.874. The molecule has 1 N–H and O–H groups in total. The summed E-state index contributed by atoms with van der Waals surface area (Å²) in [5, 5.41) is 9.21. The first-order chi connectivity index (χ1) is 11.6. The van der Waals surface area contributed by atoms with Crippen molar-refractivity contribution in [3.63, 3.8) is 0 Å². The molecule has 126 valence electrons. The van der Waals surface area contributed by atoms with Crippen molar-refractivity contribution < 1.29 is 9.90 Å². The number of carboxylic acid groups (broad SMARTS) is 1. The van der Waals surface area contributed by atoms with Gasteiger partial charge in [-0.1, -0.05) is 34.1 Å². The summed E-state index contributed by atoms with van der Waals surface area (Å²) in [7, 11) is 0. The molecule has 1 aromatic carbocycles. The number of aromatic nitrogens is 1. The van der Waals surface area contributed by atoms with Crippen molar-refractivity contribution in [2.24, 2.45) is 5.92 Å². The van der Waals surface area contributed by atoms with E-state index in [9.17, 15) is 9.90 Å². The van der Waals surface area contributed by atoms with E-state index in [1.54, 1.807) is 0 Å². The quantitative estimate of drug-likeness (QED) is 0.842. The van der Waals surface area contributed by atoms with E-state index in [0.717, 1.165) is 29.7 Å². The number of carboxylic acids is 1. The van der Waals surface area contributed by atoms with Crippen molar-refractivity contribution in [3.05, 3.63) is 64.4 Å². The number of carbonyl (C=O) groups is 1. The Morgan fingerprint density at radius 3 is 2.50 bits per heavy atom. The number of hydrogen-bond acceptors (Lipinski definition) is 3. The number of hydrogen-bond donors (Lipinski definition) is 1. The predicted octanol–water partition coefficient (Wildman–Crippen LogP) is 3.92. The molecule has 1 aromatic heterocycles. The molecular formula is C19H21BrN2O2. The maximum Gasteiger partial charge on any atom is 0.306 e. The van der Waals surface area contributed by atoms with E-state index in [1.165, 1.54) is 5.56 Å². The number of piperidine rings is 1. The maximum atomic E-state index is 11.2. The lowest BCUT2D eigenvalue weighted by Gasteiger charge is -2.36. The molecule has 0 aliphatic carbocycles. The summed E-state index contributed by atoms with van der Waals surface area (Å²) in [6, 6.07) is 14.6. The second-order valence-electron chi connectivity index (χ2n) is 6.24. The monoisotopic (exact) mass is 388 g/mol. The van der Waals surface area contributed by atoms with Crippen molar-refractivity contribution in [1.82, 2.24) is 9.88 Å². The largest absolute Gasteiger partial charge is 0.481 e. The molecule has 5 heteroatoms. The van der Waals surface area contributed by atoms with Gasteiger partial charge in [-0.2, -0.15) is 0 Å². The summed E-state index contributed by atoms with van der Waals surface area (Å²) in [6.45, 7) is 1.62. The first-order valence-corrected chi connectivity index (χ1v) is 9.05. The molecule has 1 aliphatic rings. The number of halogens is 1. The lowest BCUT2D eigenvalue weighted by atomic mass is 9.92. The van der Waals surface area contributed by atoms with E-state index in [4.69, 9.17) is 0 Å². The van der Waals surface area contributed by atoms with Crippen LogP contribution in [-0.2, 0) is 11.2 Å². The van der Waals surface area contributed by atoms with Gasteiger partial charge in [0.15, 0.2) is 0 Å². The number of benzene rings is 1. The molecule has 0 bridgehead atoms. The van der Waals surface area contributed by atoms with Gasteiger partial charge in [-0.15, -0.1) is 0 Å². The van der Waals surface area contributed by atoms with Gasteiger partial charge in [-0.25, -0.2) is 0 Å². The molecule has 4 nitrogen and oxygen atoms in total. The zero-order chi connectivity index (χ0) is 16.9. The van der Waals surface area contributed by atoms with Gasteiger partial charge in [-0.05, 0) is 55.8 Å². The normalized spacial score (nSPS) is 17.5. The highest BCUT2D eigenvalue weighted by atomic mass is 79.9. The molecule has 24 heavy (non-hydrogen) atoms. The van der Waals surface area contributed by atoms with Crippen LogP contribution in [0.2, 0.25) is 0 Å². The number of likely N-dealkylation sites (tertiary alicyclic amines) is 1. The summed E-state index contributed by atoms with van der Waals surface area (Å²) in [6.07, 6.45) is 4.08. The highest BCUT2D eigenvalue weighted by Gasteiger charge is 2.29. The molecule has 0 amide bonds. The molecular weight excluding hydrogens is 368 g/mol. The smallest absolute Gasteiger partial charge is 0.306 e. The lowest BCUT2D eigenvalue weighted by molar-refractivity contribution is -0.143. The molecule has 0 saturated carbocycles. The van der Waals surface area contributed by atoms with Crippen LogP contribution in [0.5, 0.6) is 0 Å². The van der Waals surface area contributed by atoms with Crippen molar-refractivity contribution in [3.8, 4) is 0 Å². The Labute approximate surface area is 150 Å². The van der Waals surface area contributed by atoms with Crippen LogP contribution in [0.15, 0.2) is 53.1 Å². The van der Waals surface area contributed by atoms with Crippen molar-refractivity contribution in [1.29, 1.82) is 0 Å². The SMILES string of the molecule is O=C(O)C1CCN(C(Cc2ccccn2)c2ccc(Br)cc2)CC1. The van der Waals surface area contributed by atoms with Crippen molar-refractivity contribution in [2.75, 3.05) is 13.1 Å². The van der Waals surface area contributed by atoms with E-state index in [1.807, 2.05) is 18.3 Å². The van der Waals surface area contributed by atoms with Crippen LogP contribution >= 0.6 is 15.9 Å². The fraction of sp³-hybridized carbons (Fsp3) is 0.368. The van der Waals surface area contributed by atoms with E-state index in [0.29, 0.717) is 12.8 Å². The van der Waals surface area contributed by atoms with E-state index in [-0.39, 0.29) is 12.0 Å². The van der Waals surface area contributed by atoms with Gasteiger partial charge < -0.3 is 5.11 Å². The number of aliphatic carboxylic acids is 1. The number of rotatable bonds is 5. The van der Waals surface area contributed by atoms with Crippen LogP contribution in [0.4, 0.5) is 0 Å². The Morgan fingerprint density at radius 1 is 1.21 bits per heavy atom. The Hall–Kier alpha value is -1.72. The van der Waals surface area contributed by atoms with Crippen LogP contribution in [0, 0.1) is 5.92 Å². The zero-order valence-corrected chi connectivity index (χ0v) is 15.0. The van der Waals surface area contributed by atoms with Crippen LogP contribution < -0.4 is 0 Å². The molecule has 3 rings (SSSR count). The van der Waals surface area contributed by atoms with Crippen molar-refractivity contribution >= 4 is 21.9 Å². The van der Waals surface area contributed by atoms with Gasteiger partial charge in [0.25, 0.3) is 0 Å². The Balaban J connectivity index is 1.79. The van der Waals surface area contributed by atoms with Gasteiger partial charge in [0.05, 0.1) is 5.92 Å². The highest BCUT2D eigenvalue weighted by Crippen LogP contribution is 2.30. The van der Waals surface area contributed by atoms with Crippen LogP contribution in [0.3, 0.4) is 0 Å². The van der Waals surface area contributed by atoms with E-state index < -0.39 is 5.97 Å². The third-order valence-electron chi connectivity index (χ3n) is 4.70. The molecule has 1 aliphatic heterocycles. The second kappa shape index (κ2) is 7.90. The summed E-state index contributed by atoms with van der Waals surface area (Å²) in [5.41, 5.74) is 2.31. The lowest BCUT2D eigenvalue weighted by Crippen LogP contribution is -2.39. The van der Waals surface area contributed by atoms with Crippen LogP contribution in [0.1, 0.15) is 30.1 Å². The summed E-state index contributed by atoms with van der Waals surface area (Å²) >= 11 is 3.49. The van der Waals surface area contributed by atoms with Gasteiger partial charge in [-0.3, -0.25) is 14.7 Å². The molecule has 0 spiro atoms. The van der Waals surface area contributed by atoms with Crippen LogP contribution in [0.25, 0.3) is 0 Å². The van der Waals surface area contributed by atoms with Gasteiger partial charge in [0.1, 0.15) is 0 Å². The Bertz CT molecular complexity index is 668. The third-order valence-corrected chi connectivity index (χ3v) is 5.23. The molecule has 1 fully saturated rings. The molecule has 2 heterocycles. The average Bonchev–Trinajstić information content (AvgIpc) is 2.62. The second-order valence-corrected chi connectivity index (χ2v) is 7.16. The first-order valence-electron chi connectivity index (χ1n) is 8.25. The maximum absolute atomic E-state index is 11.2. The minimum absolute atomic E-state index is 0.207. The zero-order valence-electron chi connectivity index (χ0n) is 13.4. The summed E-state index contributed by atoms with van der Waals surface area (Å²) < 4.78 is 1.06. The van der Waals surface area contributed by atoms with Crippen LogP contribution in [-0.4, -0.2) is 34.0 Å². The molecule has 0 radical (unpaired) electrons. The molecule has 1 unspecified atom stereocenters. The Morgan fingerprint density at radius 2 is 1.92 bits per heavy atom. The van der Waals surface area contributed by atoms with E-state index >= 15 is 0 Å². The molecule has 1 atom stereocenters. The number of nitrogens with zero attached hydrogens (tertiary/aromatic N) is 2. The minimum atomic E-state index is -0.667. The van der Waals surface area contributed by atoms with E-state index in [2.05, 4.69) is 56.1 Å². The van der Waals surface area contributed by atoms with Crippen molar-refractivity contribution in [2.45, 2.75) is 25.3 Å². The summed E-state index contributed by atoms with van der Waals surface area (Å²) in [4.78, 5) is 18.1. The number of pyridine rings is 1. The minimum Gasteiger partial charge on any atom is -0.481 e. The first kappa shape index (κ1) is 17.1.